The van der Waals surface area contributed by atoms with Crippen LogP contribution in [-0.4, -0.2) is 81.6 Å². The van der Waals surface area contributed by atoms with Crippen LogP contribution in [0.5, 0.6) is 0 Å². The third-order valence-corrected chi connectivity index (χ3v) is 4.48. The van der Waals surface area contributed by atoms with Crippen molar-refractivity contribution >= 4 is 29.4 Å². The predicted octanol–water partition coefficient (Wildman–Crippen LogP) is 0.931. The molecule has 1 saturated heterocycles. The Kier molecular flexibility index (Phi) is 4.38. The normalized spacial score (nSPS) is 23.5. The van der Waals surface area contributed by atoms with Crippen molar-refractivity contribution in [1.82, 2.24) is 14.8 Å². The first-order chi connectivity index (χ1) is 11.5. The summed E-state index contributed by atoms with van der Waals surface area (Å²) in [6.07, 6.45) is 2.67. The van der Waals surface area contributed by atoms with Gasteiger partial charge in [-0.15, -0.1) is 10.1 Å². The quantitative estimate of drug-likeness (QED) is 0.703. The Morgan fingerprint density at radius 1 is 1.21 bits per heavy atom. The second-order valence-corrected chi connectivity index (χ2v) is 6.44. The van der Waals surface area contributed by atoms with E-state index in [0.717, 1.165) is 31.5 Å². The minimum Gasteiger partial charge on any atom is -0.270 e. The van der Waals surface area contributed by atoms with Gasteiger partial charge in [0.15, 0.2) is 0 Å². The number of guanidine groups is 1. The first-order valence-electron chi connectivity index (χ1n) is 8.62. The molecule has 1 unspecified atom stereocenters. The number of hydrogen-bond donors (Lipinski definition) is 0. The van der Waals surface area contributed by atoms with Gasteiger partial charge in [-0.1, -0.05) is 25.3 Å². The van der Waals surface area contributed by atoms with Crippen LogP contribution in [0.25, 0.3) is 0 Å². The molecule has 3 amide bonds. The molecular weight excluding hydrogens is 308 g/mol. The maximum Gasteiger partial charge on any atom is 0.416 e. The average Bonchev–Trinajstić information content (AvgIpc) is 2.93. The lowest BCUT2D eigenvalue weighted by molar-refractivity contribution is -0.527. The molecule has 24 heavy (non-hydrogen) atoms. The number of fused-ring (bicyclic) bond motifs is 2. The molecule has 0 aliphatic carbocycles. The van der Waals surface area contributed by atoms with Crippen LogP contribution in [-0.2, 0) is 4.79 Å². The van der Waals surface area contributed by atoms with Gasteiger partial charge in [-0.3, -0.25) is 14.6 Å². The average molecular weight is 333 g/mol. The molecule has 130 valence electrons. The number of likely N-dealkylation sites (N-methyl/N-ethyl adjacent to an activating group) is 1. The Balaban J connectivity index is 1.96. The van der Waals surface area contributed by atoms with Gasteiger partial charge < -0.3 is 0 Å². The molecule has 3 aliphatic rings. The minimum absolute atomic E-state index is 0.175. The smallest absolute Gasteiger partial charge is 0.270 e. The fourth-order valence-electron chi connectivity index (χ4n) is 3.29. The van der Waals surface area contributed by atoms with E-state index in [1.54, 1.807) is 7.05 Å². The van der Waals surface area contributed by atoms with Crippen molar-refractivity contribution in [2.45, 2.75) is 46.1 Å². The Hall–Kier alpha value is -2.25. The van der Waals surface area contributed by atoms with Gasteiger partial charge in [0.25, 0.3) is 5.91 Å². The predicted molar refractivity (Wildman–Crippen MR) is 91.2 cm³/mol. The largest absolute Gasteiger partial charge is 0.416 e. The van der Waals surface area contributed by atoms with E-state index in [2.05, 4.69) is 17.0 Å². The first kappa shape index (κ1) is 16.6. The zero-order chi connectivity index (χ0) is 17.4. The number of nitrogens with zero attached hydrogens (tertiary/aromatic N) is 6. The molecule has 0 aromatic heterocycles. The van der Waals surface area contributed by atoms with Crippen LogP contribution < -0.4 is 0 Å². The number of hydrazone groups is 1. The monoisotopic (exact) mass is 333 g/mol. The van der Waals surface area contributed by atoms with Crippen LogP contribution in [0.1, 0.15) is 40.0 Å². The fraction of sp³-hybridized carbons (Fsp3) is 0.688. The summed E-state index contributed by atoms with van der Waals surface area (Å²) >= 11 is 0. The Bertz CT molecular complexity index is 665. The summed E-state index contributed by atoms with van der Waals surface area (Å²) in [6, 6.07) is -0.812. The zero-order valence-corrected chi connectivity index (χ0v) is 14.8. The van der Waals surface area contributed by atoms with Gasteiger partial charge in [-0.2, -0.15) is 0 Å². The summed E-state index contributed by atoms with van der Waals surface area (Å²) in [4.78, 5) is 33.0. The molecule has 8 heteroatoms. The number of urea groups is 1. The topological polar surface area (TPSA) is 71.6 Å². The third kappa shape index (κ3) is 2.50. The van der Waals surface area contributed by atoms with E-state index in [9.17, 15) is 9.59 Å². The molecule has 0 N–H and O–H groups in total. The summed E-state index contributed by atoms with van der Waals surface area (Å²) in [7, 11) is 1.69. The maximum absolute atomic E-state index is 13.0. The number of unbranched alkanes of at least 4 members (excludes halogenated alkanes) is 1. The standard InChI is InChI=1S/C16H25N6O2/c1-5-7-9-20-14(23)12-13(19(4)16(20)24)17-15-21(12)10-11(3)18-22(15)8-6-2/h12H,5-10H2,1-4H3/q+1. The summed E-state index contributed by atoms with van der Waals surface area (Å²) in [5.41, 5.74) is 0.941. The Morgan fingerprint density at radius 3 is 2.62 bits per heavy atom. The molecule has 0 bridgehead atoms. The Morgan fingerprint density at radius 2 is 1.96 bits per heavy atom. The maximum atomic E-state index is 13.0. The molecule has 0 aromatic rings. The number of amidine groups is 1. The zero-order valence-electron chi connectivity index (χ0n) is 14.8. The molecule has 3 heterocycles. The number of carbonyl (C=O) groups excluding carboxylic acids is 2. The summed E-state index contributed by atoms with van der Waals surface area (Å²) in [5, 5.41) is 6.39. The lowest BCUT2D eigenvalue weighted by Crippen LogP contribution is -2.63. The van der Waals surface area contributed by atoms with Gasteiger partial charge >= 0.3 is 12.0 Å². The van der Waals surface area contributed by atoms with Gasteiger partial charge in [0.1, 0.15) is 6.54 Å². The number of rotatable bonds is 5. The van der Waals surface area contributed by atoms with Gasteiger partial charge in [-0.25, -0.2) is 9.37 Å². The number of carbonyl (C=O) groups is 2. The highest BCUT2D eigenvalue weighted by molar-refractivity contribution is 6.23. The first-order valence-corrected chi connectivity index (χ1v) is 8.62. The van der Waals surface area contributed by atoms with E-state index in [0.29, 0.717) is 24.9 Å². The van der Waals surface area contributed by atoms with Crippen LogP contribution in [0.3, 0.4) is 0 Å². The summed E-state index contributed by atoms with van der Waals surface area (Å²) in [5.74, 6) is 1.01. The number of aliphatic imine (C=N–C) groups is 1. The van der Waals surface area contributed by atoms with E-state index >= 15 is 0 Å². The molecule has 0 saturated carbocycles. The van der Waals surface area contributed by atoms with E-state index < -0.39 is 6.04 Å². The van der Waals surface area contributed by atoms with Gasteiger partial charge in [0.2, 0.25) is 11.9 Å². The van der Waals surface area contributed by atoms with Gasteiger partial charge in [0.05, 0.1) is 12.3 Å². The third-order valence-electron chi connectivity index (χ3n) is 4.48. The molecular formula is C16H25N6O2+. The van der Waals surface area contributed by atoms with Crippen molar-refractivity contribution in [3.05, 3.63) is 0 Å². The highest BCUT2D eigenvalue weighted by Crippen LogP contribution is 2.23. The molecule has 0 aromatic carbocycles. The number of imide groups is 1. The van der Waals surface area contributed by atoms with Crippen LogP contribution in [0, 0.1) is 0 Å². The Labute approximate surface area is 142 Å². The number of amides is 3. The van der Waals surface area contributed by atoms with Crippen LogP contribution in [0.15, 0.2) is 10.1 Å². The second kappa shape index (κ2) is 6.33. The molecule has 0 spiro atoms. The van der Waals surface area contributed by atoms with Crippen LogP contribution >= 0.6 is 0 Å². The summed E-state index contributed by atoms with van der Waals surface area (Å²) in [6.45, 7) is 7.82. The van der Waals surface area contributed by atoms with Crippen molar-refractivity contribution in [2.75, 3.05) is 26.7 Å². The molecule has 3 aliphatic heterocycles. The molecule has 1 atom stereocenters. The van der Waals surface area contributed by atoms with E-state index in [1.807, 2.05) is 23.4 Å². The highest BCUT2D eigenvalue weighted by Gasteiger charge is 2.54. The van der Waals surface area contributed by atoms with E-state index in [4.69, 9.17) is 0 Å². The van der Waals surface area contributed by atoms with E-state index in [-0.39, 0.29) is 11.9 Å². The van der Waals surface area contributed by atoms with Crippen molar-refractivity contribution in [3.63, 3.8) is 0 Å². The lowest BCUT2D eigenvalue weighted by atomic mass is 10.1. The van der Waals surface area contributed by atoms with Crippen molar-refractivity contribution in [1.29, 1.82) is 0 Å². The number of hydrogen-bond acceptors (Lipinski definition) is 5. The van der Waals surface area contributed by atoms with Gasteiger partial charge in [0, 0.05) is 13.6 Å². The fourth-order valence-corrected chi connectivity index (χ4v) is 3.29. The van der Waals surface area contributed by atoms with Crippen molar-refractivity contribution in [3.8, 4) is 0 Å². The van der Waals surface area contributed by atoms with Crippen LogP contribution in [0.2, 0.25) is 0 Å². The highest BCUT2D eigenvalue weighted by atomic mass is 16.2. The second-order valence-electron chi connectivity index (χ2n) is 6.44. The lowest BCUT2D eigenvalue weighted by Gasteiger charge is -2.34. The van der Waals surface area contributed by atoms with Crippen molar-refractivity contribution in [2.24, 2.45) is 10.1 Å². The van der Waals surface area contributed by atoms with Crippen LogP contribution in [0.4, 0.5) is 4.79 Å². The molecule has 1 fully saturated rings. The van der Waals surface area contributed by atoms with E-state index in [1.165, 1.54) is 9.80 Å². The molecule has 0 radical (unpaired) electrons. The molecule has 8 nitrogen and oxygen atoms in total. The van der Waals surface area contributed by atoms with Crippen molar-refractivity contribution < 1.29 is 14.2 Å². The minimum atomic E-state index is -0.524. The SMILES string of the molecule is CCCCN1C(=O)C2C(=NC3=[N+]2CC(C)=NN3CCC)N(C)C1=O. The summed E-state index contributed by atoms with van der Waals surface area (Å²) < 4.78 is 1.97. The molecule has 3 rings (SSSR count). The van der Waals surface area contributed by atoms with Gasteiger partial charge in [-0.05, 0) is 19.8 Å².